The summed E-state index contributed by atoms with van der Waals surface area (Å²) in [7, 11) is 0. The summed E-state index contributed by atoms with van der Waals surface area (Å²) < 4.78 is 30.3. The number of benzene rings is 2. The summed E-state index contributed by atoms with van der Waals surface area (Å²) in [5.74, 6) is -3.14. The summed E-state index contributed by atoms with van der Waals surface area (Å²) in [4.78, 5) is 29.0. The molecule has 0 aliphatic carbocycles. The molecule has 1 aliphatic rings. The Morgan fingerprint density at radius 3 is 2.38 bits per heavy atom. The van der Waals surface area contributed by atoms with Crippen molar-refractivity contribution in [3.05, 3.63) is 70.0 Å². The minimum Gasteiger partial charge on any atom is -0.477 e. The van der Waals surface area contributed by atoms with Crippen molar-refractivity contribution in [1.82, 2.24) is 9.47 Å². The molecular weight excluding hydrogens is 416 g/mol. The van der Waals surface area contributed by atoms with Gasteiger partial charge in [-0.25, -0.2) is 13.6 Å². The van der Waals surface area contributed by atoms with Gasteiger partial charge in [0, 0.05) is 43.4 Å². The lowest BCUT2D eigenvalue weighted by Crippen LogP contribution is -2.46. The first-order valence-electron chi connectivity index (χ1n) is 10.7. The number of nitrogens with zero attached hydrogens (tertiary/aromatic N) is 3. The first kappa shape index (κ1) is 22.0. The van der Waals surface area contributed by atoms with Crippen molar-refractivity contribution in [3.63, 3.8) is 0 Å². The molecule has 0 amide bonds. The van der Waals surface area contributed by atoms with Crippen LogP contribution in [0.1, 0.15) is 30.1 Å². The summed E-state index contributed by atoms with van der Waals surface area (Å²) in [5.41, 5.74) is -0.564. The Bertz CT molecular complexity index is 1200. The Labute approximate surface area is 184 Å². The van der Waals surface area contributed by atoms with Crippen molar-refractivity contribution in [2.75, 3.05) is 37.6 Å². The minimum atomic E-state index is -1.45. The topological polar surface area (TPSA) is 65.8 Å². The predicted molar refractivity (Wildman–Crippen MR) is 120 cm³/mol. The molecule has 1 aliphatic heterocycles. The van der Waals surface area contributed by atoms with Gasteiger partial charge in [-0.3, -0.25) is 9.69 Å². The fourth-order valence-corrected chi connectivity index (χ4v) is 4.18. The summed E-state index contributed by atoms with van der Waals surface area (Å²) in [5, 5.41) is 9.56. The van der Waals surface area contributed by atoms with Gasteiger partial charge >= 0.3 is 5.97 Å². The van der Waals surface area contributed by atoms with E-state index in [1.807, 2.05) is 0 Å². The van der Waals surface area contributed by atoms with Gasteiger partial charge in [-0.05, 0) is 43.3 Å². The van der Waals surface area contributed by atoms with Crippen LogP contribution in [0.3, 0.4) is 0 Å². The van der Waals surface area contributed by atoms with Crippen LogP contribution in [0.4, 0.5) is 14.5 Å². The number of carboxylic acid groups (broad SMARTS) is 1. The molecule has 0 saturated carbocycles. The van der Waals surface area contributed by atoms with Crippen LogP contribution in [0.5, 0.6) is 0 Å². The molecule has 32 heavy (non-hydrogen) atoms. The van der Waals surface area contributed by atoms with Gasteiger partial charge in [0.05, 0.1) is 5.52 Å². The summed E-state index contributed by atoms with van der Waals surface area (Å²) in [6.07, 6.45) is 3.30. The molecule has 2 heterocycles. The van der Waals surface area contributed by atoms with Gasteiger partial charge in [-0.2, -0.15) is 0 Å². The zero-order valence-electron chi connectivity index (χ0n) is 17.9. The summed E-state index contributed by atoms with van der Waals surface area (Å²) in [6.45, 7) is 6.63. The maximum Gasteiger partial charge on any atom is 0.341 e. The second-order valence-corrected chi connectivity index (χ2v) is 8.00. The Morgan fingerprint density at radius 2 is 1.75 bits per heavy atom. The number of carboxylic acids is 1. The highest BCUT2D eigenvalue weighted by Crippen LogP contribution is 2.27. The Kier molecular flexibility index (Phi) is 6.23. The summed E-state index contributed by atoms with van der Waals surface area (Å²) in [6, 6.07) is 8.44. The molecule has 2 aromatic carbocycles. The smallest absolute Gasteiger partial charge is 0.341 e. The predicted octanol–water partition coefficient (Wildman–Crippen LogP) is 3.89. The van der Waals surface area contributed by atoms with Crippen LogP contribution in [0.15, 0.2) is 47.4 Å². The lowest BCUT2D eigenvalue weighted by molar-refractivity contribution is 0.0695. The Balaban J connectivity index is 1.81. The normalized spacial score (nSPS) is 14.8. The van der Waals surface area contributed by atoms with Crippen molar-refractivity contribution >= 4 is 22.6 Å². The molecule has 4 rings (SSSR count). The number of piperazine rings is 1. The molecule has 1 N–H and O–H groups in total. The number of aromatic carboxylic acids is 1. The molecule has 0 unspecified atom stereocenters. The number of para-hydroxylation sites is 1. The average Bonchev–Trinajstić information content (AvgIpc) is 2.79. The van der Waals surface area contributed by atoms with Gasteiger partial charge in [0.15, 0.2) is 0 Å². The first-order chi connectivity index (χ1) is 15.4. The van der Waals surface area contributed by atoms with E-state index in [9.17, 15) is 23.5 Å². The van der Waals surface area contributed by atoms with E-state index in [4.69, 9.17) is 0 Å². The monoisotopic (exact) mass is 441 g/mol. The number of fused-ring (bicyclic) bond motifs is 1. The van der Waals surface area contributed by atoms with E-state index >= 15 is 0 Å². The Hall–Kier alpha value is -3.26. The molecule has 0 bridgehead atoms. The van der Waals surface area contributed by atoms with Crippen molar-refractivity contribution in [1.29, 1.82) is 0 Å². The third-order valence-electron chi connectivity index (χ3n) is 5.96. The van der Waals surface area contributed by atoms with Gasteiger partial charge in [-0.1, -0.05) is 19.4 Å². The SMILES string of the molecule is CCCCN1CCN(c2ccc3c(=O)c(C(=O)O)cn(-c4c(F)cccc4F)c3c2)CC1. The standard InChI is InChI=1S/C24H25F2N3O3/c1-2-3-9-27-10-12-28(13-11-27)16-7-8-17-21(14-16)29(15-18(23(17)30)24(31)32)22-19(25)5-4-6-20(22)26/h4-8,14-15H,2-3,9-13H2,1H3,(H,31,32). The number of anilines is 1. The minimum absolute atomic E-state index is 0.0953. The van der Waals surface area contributed by atoms with E-state index in [1.54, 1.807) is 12.1 Å². The summed E-state index contributed by atoms with van der Waals surface area (Å²) >= 11 is 0. The lowest BCUT2D eigenvalue weighted by atomic mass is 10.1. The first-order valence-corrected chi connectivity index (χ1v) is 10.7. The van der Waals surface area contributed by atoms with Gasteiger partial charge in [0.1, 0.15) is 22.9 Å². The van der Waals surface area contributed by atoms with Crippen LogP contribution in [-0.4, -0.2) is 53.3 Å². The van der Waals surface area contributed by atoms with Gasteiger partial charge in [0.25, 0.3) is 0 Å². The molecule has 6 nitrogen and oxygen atoms in total. The molecule has 0 spiro atoms. The number of rotatable bonds is 6. The quantitative estimate of drug-likeness (QED) is 0.629. The third-order valence-corrected chi connectivity index (χ3v) is 5.96. The van der Waals surface area contributed by atoms with E-state index in [0.29, 0.717) is 0 Å². The molecule has 1 aromatic heterocycles. The van der Waals surface area contributed by atoms with Crippen molar-refractivity contribution in [2.24, 2.45) is 0 Å². The highest BCUT2D eigenvalue weighted by Gasteiger charge is 2.21. The molecule has 3 aromatic rings. The number of carbonyl (C=O) groups is 1. The maximum absolute atomic E-state index is 14.6. The zero-order valence-corrected chi connectivity index (χ0v) is 17.9. The maximum atomic E-state index is 14.6. The zero-order chi connectivity index (χ0) is 22.8. The highest BCUT2D eigenvalue weighted by molar-refractivity contribution is 5.94. The second kappa shape index (κ2) is 9.08. The van der Waals surface area contributed by atoms with E-state index in [0.717, 1.165) is 74.1 Å². The fourth-order valence-electron chi connectivity index (χ4n) is 4.18. The average molecular weight is 441 g/mol. The van der Waals surface area contributed by atoms with Crippen molar-refractivity contribution in [3.8, 4) is 5.69 Å². The largest absolute Gasteiger partial charge is 0.477 e. The van der Waals surface area contributed by atoms with Crippen LogP contribution >= 0.6 is 0 Å². The van der Waals surface area contributed by atoms with Crippen LogP contribution in [0.2, 0.25) is 0 Å². The van der Waals surface area contributed by atoms with Crippen LogP contribution in [0.25, 0.3) is 16.6 Å². The van der Waals surface area contributed by atoms with E-state index < -0.39 is 34.3 Å². The van der Waals surface area contributed by atoms with Gasteiger partial charge < -0.3 is 14.6 Å². The van der Waals surface area contributed by atoms with Gasteiger partial charge in [-0.15, -0.1) is 0 Å². The molecule has 168 valence electrons. The third kappa shape index (κ3) is 4.10. The number of aromatic nitrogens is 1. The molecule has 1 fully saturated rings. The number of halogens is 2. The second-order valence-electron chi connectivity index (χ2n) is 8.00. The Morgan fingerprint density at radius 1 is 1.06 bits per heavy atom. The van der Waals surface area contributed by atoms with Crippen LogP contribution < -0.4 is 10.3 Å². The van der Waals surface area contributed by atoms with Crippen LogP contribution in [-0.2, 0) is 0 Å². The fraction of sp³-hybridized carbons (Fsp3) is 0.333. The molecule has 0 atom stereocenters. The van der Waals surface area contributed by atoms with E-state index in [1.165, 1.54) is 12.1 Å². The number of unbranched alkanes of at least 4 members (excludes halogenated alkanes) is 1. The number of hydrogen-bond donors (Lipinski definition) is 1. The lowest BCUT2D eigenvalue weighted by Gasteiger charge is -2.36. The van der Waals surface area contributed by atoms with Crippen LogP contribution in [0, 0.1) is 11.6 Å². The molecular formula is C24H25F2N3O3. The molecule has 0 radical (unpaired) electrons. The van der Waals surface area contributed by atoms with Crippen molar-refractivity contribution in [2.45, 2.75) is 19.8 Å². The van der Waals surface area contributed by atoms with E-state index in [2.05, 4.69) is 16.7 Å². The number of hydrogen-bond acceptors (Lipinski definition) is 4. The highest BCUT2D eigenvalue weighted by atomic mass is 19.1. The van der Waals surface area contributed by atoms with E-state index in [-0.39, 0.29) is 10.9 Å². The van der Waals surface area contributed by atoms with Gasteiger partial charge in [0.2, 0.25) is 5.43 Å². The molecule has 1 saturated heterocycles. The number of pyridine rings is 1. The molecule has 8 heteroatoms. The van der Waals surface area contributed by atoms with Crippen molar-refractivity contribution < 1.29 is 18.7 Å².